The highest BCUT2D eigenvalue weighted by Crippen LogP contribution is 2.08. The van der Waals surface area contributed by atoms with Gasteiger partial charge in [-0.25, -0.2) is 9.97 Å². The molecule has 0 saturated heterocycles. The number of hydrogen-bond donors (Lipinski definition) is 2. The fraction of sp³-hybridized carbons (Fsp3) is 0.188. The Balaban J connectivity index is 2.20. The highest BCUT2D eigenvalue weighted by Gasteiger charge is 2.08. The van der Waals surface area contributed by atoms with Gasteiger partial charge in [0.2, 0.25) is 5.95 Å². The molecule has 1 heterocycles. The number of hydrogen-bond acceptors (Lipinski definition) is 4. The van der Waals surface area contributed by atoms with Crippen LogP contribution in [0, 0.1) is 25.7 Å². The lowest BCUT2D eigenvalue weighted by Gasteiger charge is -2.06. The summed E-state index contributed by atoms with van der Waals surface area (Å²) in [4.78, 5) is 20.5. The first-order valence-corrected chi connectivity index (χ1v) is 6.42. The summed E-state index contributed by atoms with van der Waals surface area (Å²) in [6.45, 7) is 3.47. The van der Waals surface area contributed by atoms with Gasteiger partial charge in [0.1, 0.15) is 6.61 Å². The lowest BCUT2D eigenvalue weighted by atomic mass is 10.1. The predicted molar refractivity (Wildman–Crippen MR) is 79.9 cm³/mol. The van der Waals surface area contributed by atoms with Crippen molar-refractivity contribution in [3.8, 4) is 11.8 Å². The van der Waals surface area contributed by atoms with E-state index in [0.29, 0.717) is 11.1 Å². The zero-order valence-corrected chi connectivity index (χ0v) is 11.8. The largest absolute Gasteiger partial charge is 0.384 e. The fourth-order valence-electron chi connectivity index (χ4n) is 1.84. The summed E-state index contributed by atoms with van der Waals surface area (Å²) in [5.74, 6) is 5.29. The van der Waals surface area contributed by atoms with Gasteiger partial charge in [-0.2, -0.15) is 0 Å². The molecule has 1 aromatic carbocycles. The van der Waals surface area contributed by atoms with Crippen molar-refractivity contribution in [3.63, 3.8) is 0 Å². The van der Waals surface area contributed by atoms with Gasteiger partial charge in [0.05, 0.1) is 0 Å². The number of anilines is 1. The number of carbonyl (C=O) groups excluding carboxylic acids is 1. The van der Waals surface area contributed by atoms with E-state index in [0.717, 1.165) is 11.4 Å². The van der Waals surface area contributed by atoms with Crippen LogP contribution >= 0.6 is 0 Å². The first-order valence-electron chi connectivity index (χ1n) is 6.42. The number of amides is 1. The summed E-state index contributed by atoms with van der Waals surface area (Å²) in [6.07, 6.45) is 0. The van der Waals surface area contributed by atoms with Gasteiger partial charge in [0, 0.05) is 22.5 Å². The highest BCUT2D eigenvalue weighted by molar-refractivity contribution is 6.03. The van der Waals surface area contributed by atoms with Gasteiger partial charge < -0.3 is 5.11 Å². The molecule has 0 fully saturated rings. The van der Waals surface area contributed by atoms with Crippen molar-refractivity contribution < 1.29 is 9.90 Å². The van der Waals surface area contributed by atoms with Gasteiger partial charge in [0.25, 0.3) is 5.91 Å². The average molecular weight is 281 g/mol. The van der Waals surface area contributed by atoms with Crippen LogP contribution in [-0.4, -0.2) is 27.6 Å². The van der Waals surface area contributed by atoms with Gasteiger partial charge in [0.15, 0.2) is 0 Å². The maximum absolute atomic E-state index is 12.2. The molecular formula is C16H15N3O2. The van der Waals surface area contributed by atoms with Crippen LogP contribution in [0.15, 0.2) is 30.3 Å². The second kappa shape index (κ2) is 6.64. The Morgan fingerprint density at radius 2 is 1.95 bits per heavy atom. The van der Waals surface area contributed by atoms with E-state index in [9.17, 15) is 4.79 Å². The molecule has 0 saturated carbocycles. The quantitative estimate of drug-likeness (QED) is 0.821. The molecule has 0 radical (unpaired) electrons. The van der Waals surface area contributed by atoms with E-state index in [1.807, 2.05) is 19.9 Å². The predicted octanol–water partition coefficient (Wildman–Crippen LogP) is 1.69. The van der Waals surface area contributed by atoms with E-state index >= 15 is 0 Å². The third-order valence-corrected chi connectivity index (χ3v) is 2.64. The standard InChI is InChI=1S/C16H15N3O2/c1-11-9-12(2)18-16(17-11)19-15(21)14-7-3-5-13(10-14)6-4-8-20/h3,5,7,9-10,20H,8H2,1-2H3,(H,17,18,19,21). The van der Waals surface area contributed by atoms with Crippen LogP contribution in [0.4, 0.5) is 5.95 Å². The summed E-state index contributed by atoms with van der Waals surface area (Å²) in [5, 5.41) is 11.3. The maximum atomic E-state index is 12.2. The number of aromatic nitrogens is 2. The normalized spacial score (nSPS) is 9.67. The number of benzene rings is 1. The molecule has 0 unspecified atom stereocenters. The summed E-state index contributed by atoms with van der Waals surface area (Å²) in [7, 11) is 0. The Morgan fingerprint density at radius 1 is 1.24 bits per heavy atom. The molecule has 2 aromatic rings. The molecule has 2 N–H and O–H groups in total. The molecule has 1 aromatic heterocycles. The molecule has 0 aliphatic heterocycles. The Hall–Kier alpha value is -2.71. The summed E-state index contributed by atoms with van der Waals surface area (Å²) < 4.78 is 0. The van der Waals surface area contributed by atoms with Crippen molar-refractivity contribution in [2.75, 3.05) is 11.9 Å². The van der Waals surface area contributed by atoms with Crippen LogP contribution in [0.25, 0.3) is 0 Å². The number of nitrogens with one attached hydrogen (secondary N) is 1. The van der Waals surface area contributed by atoms with E-state index < -0.39 is 0 Å². The number of rotatable bonds is 2. The molecule has 0 bridgehead atoms. The second-order valence-electron chi connectivity index (χ2n) is 4.47. The Morgan fingerprint density at radius 3 is 2.62 bits per heavy atom. The third kappa shape index (κ3) is 4.13. The zero-order chi connectivity index (χ0) is 15.2. The minimum Gasteiger partial charge on any atom is -0.384 e. The molecule has 0 spiro atoms. The molecule has 0 aliphatic rings. The van der Waals surface area contributed by atoms with Crippen LogP contribution in [0.3, 0.4) is 0 Å². The highest BCUT2D eigenvalue weighted by atomic mass is 16.2. The second-order valence-corrected chi connectivity index (χ2v) is 4.47. The van der Waals surface area contributed by atoms with Gasteiger partial charge in [-0.15, -0.1) is 0 Å². The van der Waals surface area contributed by atoms with E-state index in [-0.39, 0.29) is 18.5 Å². The van der Waals surface area contributed by atoms with Crippen molar-refractivity contribution in [2.45, 2.75) is 13.8 Å². The Bertz CT molecular complexity index is 710. The Kier molecular flexibility index (Phi) is 4.64. The summed E-state index contributed by atoms with van der Waals surface area (Å²) >= 11 is 0. The fourth-order valence-corrected chi connectivity index (χ4v) is 1.84. The molecule has 2 rings (SSSR count). The van der Waals surface area contributed by atoms with Crippen LogP contribution in [-0.2, 0) is 0 Å². The van der Waals surface area contributed by atoms with E-state index in [4.69, 9.17) is 5.11 Å². The minimum absolute atomic E-state index is 0.215. The molecule has 5 heteroatoms. The molecule has 0 aliphatic carbocycles. The van der Waals surface area contributed by atoms with Crippen LogP contribution in [0.5, 0.6) is 0 Å². The van der Waals surface area contributed by atoms with Crippen molar-refractivity contribution in [1.29, 1.82) is 0 Å². The Labute approximate surface area is 123 Å². The van der Waals surface area contributed by atoms with E-state index in [1.165, 1.54) is 0 Å². The molecule has 1 amide bonds. The van der Waals surface area contributed by atoms with Gasteiger partial charge in [-0.1, -0.05) is 17.9 Å². The molecule has 0 atom stereocenters. The lowest BCUT2D eigenvalue weighted by molar-refractivity contribution is 0.102. The maximum Gasteiger partial charge on any atom is 0.258 e. The molecular weight excluding hydrogens is 266 g/mol. The van der Waals surface area contributed by atoms with Crippen molar-refractivity contribution in [3.05, 3.63) is 52.8 Å². The average Bonchev–Trinajstić information content (AvgIpc) is 2.44. The van der Waals surface area contributed by atoms with E-state index in [2.05, 4.69) is 27.1 Å². The minimum atomic E-state index is -0.298. The number of aliphatic hydroxyl groups excluding tert-OH is 1. The molecule has 106 valence electrons. The van der Waals surface area contributed by atoms with Gasteiger partial charge in [-0.05, 0) is 38.1 Å². The summed E-state index contributed by atoms with van der Waals surface area (Å²) in [6, 6.07) is 8.68. The van der Waals surface area contributed by atoms with Crippen LogP contribution in [0.2, 0.25) is 0 Å². The topological polar surface area (TPSA) is 75.1 Å². The van der Waals surface area contributed by atoms with Crippen molar-refractivity contribution in [1.82, 2.24) is 9.97 Å². The number of aryl methyl sites for hydroxylation is 2. The van der Waals surface area contributed by atoms with E-state index in [1.54, 1.807) is 24.3 Å². The van der Waals surface area contributed by atoms with Crippen molar-refractivity contribution >= 4 is 11.9 Å². The first-order chi connectivity index (χ1) is 10.1. The molecule has 5 nitrogen and oxygen atoms in total. The first kappa shape index (κ1) is 14.7. The van der Waals surface area contributed by atoms with Crippen LogP contribution < -0.4 is 5.32 Å². The zero-order valence-electron chi connectivity index (χ0n) is 11.8. The molecule has 21 heavy (non-hydrogen) atoms. The summed E-state index contributed by atoms with van der Waals surface area (Å²) in [5.41, 5.74) is 2.71. The van der Waals surface area contributed by atoms with Crippen molar-refractivity contribution in [2.24, 2.45) is 0 Å². The smallest absolute Gasteiger partial charge is 0.258 e. The number of nitrogens with zero attached hydrogens (tertiary/aromatic N) is 2. The number of aliphatic hydroxyl groups is 1. The monoisotopic (exact) mass is 281 g/mol. The van der Waals surface area contributed by atoms with Gasteiger partial charge >= 0.3 is 0 Å². The SMILES string of the molecule is Cc1cc(C)nc(NC(=O)c2cccc(C#CCO)c2)n1. The van der Waals surface area contributed by atoms with Gasteiger partial charge in [-0.3, -0.25) is 10.1 Å². The third-order valence-electron chi connectivity index (χ3n) is 2.64. The number of carbonyl (C=O) groups is 1. The van der Waals surface area contributed by atoms with Crippen LogP contribution in [0.1, 0.15) is 27.3 Å². The lowest BCUT2D eigenvalue weighted by Crippen LogP contribution is -2.15.